The molecule has 4 heteroatoms. The van der Waals surface area contributed by atoms with E-state index in [1.54, 1.807) is 12.4 Å². The average molecular weight is 257 g/mol. The van der Waals surface area contributed by atoms with E-state index in [2.05, 4.69) is 15.3 Å². The molecule has 2 heterocycles. The van der Waals surface area contributed by atoms with Crippen molar-refractivity contribution in [2.75, 3.05) is 5.32 Å². The highest BCUT2D eigenvalue weighted by Crippen LogP contribution is 2.19. The van der Waals surface area contributed by atoms with Gasteiger partial charge in [0.25, 0.3) is 0 Å². The summed E-state index contributed by atoms with van der Waals surface area (Å²) in [6.45, 7) is 6.71. The first kappa shape index (κ1) is 13.3. The van der Waals surface area contributed by atoms with Crippen LogP contribution >= 0.6 is 0 Å². The first-order valence-corrected chi connectivity index (χ1v) is 6.42. The molecular weight excluding hydrogens is 238 g/mol. The third-order valence-electron chi connectivity index (χ3n) is 2.69. The molecule has 0 fully saturated rings. The van der Waals surface area contributed by atoms with Gasteiger partial charge in [0.2, 0.25) is 5.88 Å². The Morgan fingerprint density at radius 1 is 1.26 bits per heavy atom. The SMILES string of the molecule is Cc1cnccc1NCc1cccnc1OC(C)C. The van der Waals surface area contributed by atoms with Crippen LogP contribution < -0.4 is 10.1 Å². The monoisotopic (exact) mass is 257 g/mol. The molecule has 0 radical (unpaired) electrons. The third kappa shape index (κ3) is 3.68. The van der Waals surface area contributed by atoms with Crippen molar-refractivity contribution in [2.45, 2.75) is 33.4 Å². The summed E-state index contributed by atoms with van der Waals surface area (Å²) in [5.74, 6) is 0.691. The van der Waals surface area contributed by atoms with E-state index in [9.17, 15) is 0 Å². The molecule has 0 atom stereocenters. The molecule has 0 bridgehead atoms. The van der Waals surface area contributed by atoms with Gasteiger partial charge in [-0.2, -0.15) is 0 Å². The third-order valence-corrected chi connectivity index (χ3v) is 2.69. The Balaban J connectivity index is 2.09. The minimum atomic E-state index is 0.122. The van der Waals surface area contributed by atoms with Crippen LogP contribution in [0.1, 0.15) is 25.0 Å². The minimum Gasteiger partial charge on any atom is -0.475 e. The second-order valence-electron chi connectivity index (χ2n) is 4.68. The zero-order chi connectivity index (χ0) is 13.7. The molecule has 0 spiro atoms. The lowest BCUT2D eigenvalue weighted by molar-refractivity contribution is 0.230. The maximum atomic E-state index is 5.70. The van der Waals surface area contributed by atoms with Crippen LogP contribution in [0.4, 0.5) is 5.69 Å². The highest BCUT2D eigenvalue weighted by molar-refractivity contribution is 5.49. The van der Waals surface area contributed by atoms with Crippen LogP contribution in [0.2, 0.25) is 0 Å². The molecule has 4 nitrogen and oxygen atoms in total. The predicted molar refractivity (Wildman–Crippen MR) is 76.3 cm³/mol. The van der Waals surface area contributed by atoms with Gasteiger partial charge in [-0.25, -0.2) is 4.98 Å². The number of aromatic nitrogens is 2. The van der Waals surface area contributed by atoms with Crippen molar-refractivity contribution in [3.8, 4) is 5.88 Å². The quantitative estimate of drug-likeness (QED) is 0.893. The number of pyridine rings is 2. The minimum absolute atomic E-state index is 0.122. The zero-order valence-corrected chi connectivity index (χ0v) is 11.6. The number of hydrogen-bond acceptors (Lipinski definition) is 4. The van der Waals surface area contributed by atoms with Crippen LogP contribution in [0.3, 0.4) is 0 Å². The molecule has 0 aliphatic heterocycles. The van der Waals surface area contributed by atoms with E-state index in [1.165, 1.54) is 0 Å². The lowest BCUT2D eigenvalue weighted by Gasteiger charge is -2.14. The standard InChI is InChI=1S/C15H19N3O/c1-11(2)19-15-13(5-4-7-17-15)10-18-14-6-8-16-9-12(14)3/h4-9,11H,10H2,1-3H3,(H,16,18). The molecule has 0 aliphatic rings. The number of aryl methyl sites for hydroxylation is 1. The highest BCUT2D eigenvalue weighted by atomic mass is 16.5. The number of nitrogens with one attached hydrogen (secondary N) is 1. The summed E-state index contributed by atoms with van der Waals surface area (Å²) in [4.78, 5) is 8.36. The predicted octanol–water partition coefficient (Wildman–Crippen LogP) is 3.18. The second-order valence-corrected chi connectivity index (χ2v) is 4.68. The molecule has 0 unspecified atom stereocenters. The molecule has 0 saturated heterocycles. The summed E-state index contributed by atoms with van der Waals surface area (Å²) in [6, 6.07) is 5.91. The van der Waals surface area contributed by atoms with Crippen molar-refractivity contribution in [1.82, 2.24) is 9.97 Å². The van der Waals surface area contributed by atoms with E-state index in [4.69, 9.17) is 4.74 Å². The fourth-order valence-corrected chi connectivity index (χ4v) is 1.75. The molecule has 0 amide bonds. The fourth-order valence-electron chi connectivity index (χ4n) is 1.75. The van der Waals surface area contributed by atoms with E-state index < -0.39 is 0 Å². The van der Waals surface area contributed by atoms with Gasteiger partial charge in [-0.3, -0.25) is 4.98 Å². The van der Waals surface area contributed by atoms with E-state index in [0.29, 0.717) is 12.4 Å². The van der Waals surface area contributed by atoms with Crippen LogP contribution in [0, 0.1) is 6.92 Å². The van der Waals surface area contributed by atoms with Crippen molar-refractivity contribution in [2.24, 2.45) is 0 Å². The van der Waals surface area contributed by atoms with Crippen LogP contribution in [-0.4, -0.2) is 16.1 Å². The molecule has 100 valence electrons. The van der Waals surface area contributed by atoms with Crippen molar-refractivity contribution in [3.05, 3.63) is 47.9 Å². The van der Waals surface area contributed by atoms with Crippen molar-refractivity contribution in [1.29, 1.82) is 0 Å². The van der Waals surface area contributed by atoms with Gasteiger partial charge in [0.1, 0.15) is 0 Å². The Morgan fingerprint density at radius 2 is 2.11 bits per heavy atom. The number of hydrogen-bond donors (Lipinski definition) is 1. The van der Waals surface area contributed by atoms with Gasteiger partial charge in [0.15, 0.2) is 0 Å². The Bertz CT molecular complexity index is 540. The molecule has 2 aromatic rings. The van der Waals surface area contributed by atoms with E-state index >= 15 is 0 Å². The molecule has 0 aliphatic carbocycles. The topological polar surface area (TPSA) is 47.0 Å². The lowest BCUT2D eigenvalue weighted by atomic mass is 10.2. The van der Waals surface area contributed by atoms with Gasteiger partial charge in [-0.15, -0.1) is 0 Å². The molecule has 19 heavy (non-hydrogen) atoms. The smallest absolute Gasteiger partial charge is 0.218 e. The largest absolute Gasteiger partial charge is 0.475 e. The average Bonchev–Trinajstić information content (AvgIpc) is 2.39. The second kappa shape index (κ2) is 6.18. The molecule has 2 rings (SSSR count). The van der Waals surface area contributed by atoms with Crippen LogP contribution in [0.25, 0.3) is 0 Å². The number of ether oxygens (including phenoxy) is 1. The first-order valence-electron chi connectivity index (χ1n) is 6.42. The Kier molecular flexibility index (Phi) is 4.34. The molecule has 1 N–H and O–H groups in total. The molecular formula is C15H19N3O. The molecule has 0 aromatic carbocycles. The van der Waals surface area contributed by atoms with Crippen molar-refractivity contribution in [3.63, 3.8) is 0 Å². The van der Waals surface area contributed by atoms with E-state index in [-0.39, 0.29) is 6.10 Å². The lowest BCUT2D eigenvalue weighted by Crippen LogP contribution is -2.10. The van der Waals surface area contributed by atoms with Gasteiger partial charge in [-0.1, -0.05) is 6.07 Å². The highest BCUT2D eigenvalue weighted by Gasteiger charge is 2.07. The van der Waals surface area contributed by atoms with Crippen molar-refractivity contribution >= 4 is 5.69 Å². The van der Waals surface area contributed by atoms with Crippen molar-refractivity contribution < 1.29 is 4.74 Å². The Hall–Kier alpha value is -2.10. The Morgan fingerprint density at radius 3 is 2.84 bits per heavy atom. The van der Waals surface area contributed by atoms with E-state index in [1.807, 2.05) is 45.2 Å². The van der Waals surface area contributed by atoms with Crippen LogP contribution in [-0.2, 0) is 6.54 Å². The summed E-state index contributed by atoms with van der Waals surface area (Å²) in [6.07, 6.45) is 5.50. The summed E-state index contributed by atoms with van der Waals surface area (Å²) in [7, 11) is 0. The zero-order valence-electron chi connectivity index (χ0n) is 11.6. The van der Waals surface area contributed by atoms with Gasteiger partial charge >= 0.3 is 0 Å². The molecule has 0 saturated carbocycles. The fraction of sp³-hybridized carbons (Fsp3) is 0.333. The maximum absolute atomic E-state index is 5.70. The summed E-state index contributed by atoms with van der Waals surface area (Å²) < 4.78 is 5.70. The maximum Gasteiger partial charge on any atom is 0.218 e. The van der Waals surface area contributed by atoms with Gasteiger partial charge < -0.3 is 10.1 Å². The molecule has 2 aromatic heterocycles. The Labute approximate surface area is 113 Å². The van der Waals surface area contributed by atoms with E-state index in [0.717, 1.165) is 16.8 Å². The van der Waals surface area contributed by atoms with Crippen LogP contribution in [0.15, 0.2) is 36.8 Å². The number of rotatable bonds is 5. The number of anilines is 1. The summed E-state index contributed by atoms with van der Waals surface area (Å²) >= 11 is 0. The summed E-state index contributed by atoms with van der Waals surface area (Å²) in [5.41, 5.74) is 3.25. The first-order chi connectivity index (χ1) is 9.16. The van der Waals surface area contributed by atoms with Gasteiger partial charge in [0.05, 0.1) is 6.10 Å². The van der Waals surface area contributed by atoms with Crippen LogP contribution in [0.5, 0.6) is 5.88 Å². The van der Waals surface area contributed by atoms with Gasteiger partial charge in [0, 0.05) is 36.4 Å². The van der Waals surface area contributed by atoms with Gasteiger partial charge in [-0.05, 0) is 38.5 Å². The summed E-state index contributed by atoms with van der Waals surface area (Å²) in [5, 5.41) is 3.38. The number of nitrogens with zero attached hydrogens (tertiary/aromatic N) is 2. The normalized spacial score (nSPS) is 10.5.